The van der Waals surface area contributed by atoms with E-state index in [0.29, 0.717) is 23.4 Å². The molecule has 8 heteroatoms. The Hall–Kier alpha value is -3.19. The second-order valence-corrected chi connectivity index (χ2v) is 7.71. The Balaban J connectivity index is 1.80. The second-order valence-electron chi connectivity index (χ2n) is 7.30. The minimum atomic E-state index is -0.621. The van der Waals surface area contributed by atoms with Gasteiger partial charge in [0.15, 0.2) is 5.75 Å². The molecule has 0 fully saturated rings. The molecule has 0 saturated heterocycles. The van der Waals surface area contributed by atoms with Gasteiger partial charge in [-0.05, 0) is 55.2 Å². The third kappa shape index (κ3) is 3.35. The van der Waals surface area contributed by atoms with Crippen LogP contribution in [0.5, 0.6) is 5.75 Å². The predicted octanol–water partition coefficient (Wildman–Crippen LogP) is 3.93. The van der Waals surface area contributed by atoms with Gasteiger partial charge in [-0.2, -0.15) is 5.10 Å². The van der Waals surface area contributed by atoms with Gasteiger partial charge in [-0.1, -0.05) is 11.6 Å². The number of fused-ring (bicyclic) bond motifs is 1. The molecule has 1 aromatic carbocycles. The first kappa shape index (κ1) is 20.1. The van der Waals surface area contributed by atoms with Crippen molar-refractivity contribution in [3.05, 3.63) is 74.7 Å². The Labute approximate surface area is 177 Å². The van der Waals surface area contributed by atoms with Crippen molar-refractivity contribution in [2.45, 2.75) is 19.8 Å². The lowest BCUT2D eigenvalue weighted by atomic mass is 9.94. The molecule has 6 nitrogen and oxygen atoms in total. The minimum Gasteiger partial charge on any atom is -0.505 e. The van der Waals surface area contributed by atoms with Crippen LogP contribution in [-0.2, 0) is 26.9 Å². The van der Waals surface area contributed by atoms with Crippen molar-refractivity contribution in [3.8, 4) is 16.9 Å². The molecular formula is C22H20ClFN4O2. The van der Waals surface area contributed by atoms with Crippen LogP contribution < -0.4 is 5.56 Å². The van der Waals surface area contributed by atoms with Crippen LogP contribution in [0.4, 0.5) is 4.39 Å². The summed E-state index contributed by atoms with van der Waals surface area (Å²) in [7, 11) is 3.39. The van der Waals surface area contributed by atoms with E-state index in [9.17, 15) is 14.3 Å². The zero-order valence-corrected chi connectivity index (χ0v) is 17.5. The highest BCUT2D eigenvalue weighted by Gasteiger charge is 2.23. The zero-order chi connectivity index (χ0) is 21.6. The maximum absolute atomic E-state index is 14.9. The van der Waals surface area contributed by atoms with Gasteiger partial charge in [0.25, 0.3) is 5.56 Å². The number of pyridine rings is 1. The standard InChI is InChI=1S/C22H20ClFN4O2/c1-12-20(29)19(22(30)28(3)26-12)18-15(16(23)6-7-17(18)24)5-4-13-10-14-8-9-27(2)21(14)25-11-13/h6-11,29H,4-5H2,1-3H3. The number of nitrogens with zero attached hydrogens (tertiary/aromatic N) is 4. The Bertz CT molecular complexity index is 1340. The molecule has 30 heavy (non-hydrogen) atoms. The average molecular weight is 427 g/mol. The van der Waals surface area contributed by atoms with Crippen molar-refractivity contribution in [1.29, 1.82) is 0 Å². The molecule has 0 radical (unpaired) electrons. The summed E-state index contributed by atoms with van der Waals surface area (Å²) >= 11 is 6.41. The molecule has 0 atom stereocenters. The first-order valence-electron chi connectivity index (χ1n) is 9.42. The number of halogens is 2. The second kappa shape index (κ2) is 7.57. The van der Waals surface area contributed by atoms with Crippen LogP contribution in [0.2, 0.25) is 5.02 Å². The highest BCUT2D eigenvalue weighted by Crippen LogP contribution is 2.36. The molecule has 154 valence electrons. The monoisotopic (exact) mass is 426 g/mol. The SMILES string of the molecule is Cc1nn(C)c(=O)c(-c2c(F)ccc(Cl)c2CCc2cnc3c(ccn3C)c2)c1O. The Morgan fingerprint density at radius 3 is 2.70 bits per heavy atom. The summed E-state index contributed by atoms with van der Waals surface area (Å²) in [4.78, 5) is 17.2. The number of aromatic hydroxyl groups is 1. The van der Waals surface area contributed by atoms with E-state index in [-0.39, 0.29) is 22.6 Å². The maximum atomic E-state index is 14.9. The van der Waals surface area contributed by atoms with Gasteiger partial charge in [0.2, 0.25) is 0 Å². The molecule has 0 saturated carbocycles. The van der Waals surface area contributed by atoms with Crippen LogP contribution in [0.3, 0.4) is 0 Å². The zero-order valence-electron chi connectivity index (χ0n) is 16.8. The average Bonchev–Trinajstić information content (AvgIpc) is 3.08. The molecule has 4 rings (SSSR count). The fraction of sp³-hybridized carbons (Fsp3) is 0.227. The molecule has 0 unspecified atom stereocenters. The topological polar surface area (TPSA) is 72.9 Å². The van der Waals surface area contributed by atoms with Gasteiger partial charge < -0.3 is 9.67 Å². The number of hydrogen-bond donors (Lipinski definition) is 1. The quantitative estimate of drug-likeness (QED) is 0.536. The molecule has 1 N–H and O–H groups in total. The van der Waals surface area contributed by atoms with E-state index in [0.717, 1.165) is 21.3 Å². The highest BCUT2D eigenvalue weighted by atomic mass is 35.5. The molecule has 3 aromatic heterocycles. The summed E-state index contributed by atoms with van der Waals surface area (Å²) in [5.74, 6) is -0.961. The van der Waals surface area contributed by atoms with Crippen molar-refractivity contribution in [2.24, 2.45) is 14.1 Å². The van der Waals surface area contributed by atoms with Crippen LogP contribution in [0.15, 0.2) is 41.5 Å². The fourth-order valence-corrected chi connectivity index (χ4v) is 3.95. The van der Waals surface area contributed by atoms with Gasteiger partial charge >= 0.3 is 0 Å². The van der Waals surface area contributed by atoms with Crippen molar-refractivity contribution in [3.63, 3.8) is 0 Å². The van der Waals surface area contributed by atoms with Crippen molar-refractivity contribution < 1.29 is 9.50 Å². The lowest BCUT2D eigenvalue weighted by molar-refractivity contribution is 0.460. The van der Waals surface area contributed by atoms with Gasteiger partial charge in [-0.3, -0.25) is 4.79 Å². The molecular weight excluding hydrogens is 407 g/mol. The summed E-state index contributed by atoms with van der Waals surface area (Å²) < 4.78 is 17.9. The van der Waals surface area contributed by atoms with Gasteiger partial charge in [0.05, 0.1) is 5.56 Å². The van der Waals surface area contributed by atoms with E-state index in [1.165, 1.54) is 19.2 Å². The minimum absolute atomic E-state index is 0.0137. The normalized spacial score (nSPS) is 11.4. The third-order valence-corrected chi connectivity index (χ3v) is 5.62. The summed E-state index contributed by atoms with van der Waals surface area (Å²) in [6.07, 6.45) is 4.63. The molecule has 0 aliphatic heterocycles. The van der Waals surface area contributed by atoms with E-state index in [2.05, 4.69) is 10.1 Å². The molecule has 0 bridgehead atoms. The number of rotatable bonds is 4. The smallest absolute Gasteiger partial charge is 0.278 e. The predicted molar refractivity (Wildman–Crippen MR) is 114 cm³/mol. The Kier molecular flexibility index (Phi) is 5.07. The third-order valence-electron chi connectivity index (χ3n) is 5.27. The van der Waals surface area contributed by atoms with Crippen LogP contribution in [0, 0.1) is 12.7 Å². The summed E-state index contributed by atoms with van der Waals surface area (Å²) in [6, 6.07) is 6.67. The van der Waals surface area contributed by atoms with Crippen LogP contribution in [0.1, 0.15) is 16.8 Å². The summed E-state index contributed by atoms with van der Waals surface area (Å²) in [5.41, 5.74) is 1.83. The number of aryl methyl sites for hydroxylation is 4. The lowest BCUT2D eigenvalue weighted by Gasteiger charge is -2.15. The van der Waals surface area contributed by atoms with E-state index in [1.807, 2.05) is 29.9 Å². The van der Waals surface area contributed by atoms with Gasteiger partial charge in [-0.25, -0.2) is 14.1 Å². The Morgan fingerprint density at radius 2 is 1.93 bits per heavy atom. The molecule has 3 heterocycles. The van der Waals surface area contributed by atoms with Gasteiger partial charge in [-0.15, -0.1) is 0 Å². The maximum Gasteiger partial charge on any atom is 0.278 e. The Morgan fingerprint density at radius 1 is 1.17 bits per heavy atom. The molecule has 0 aliphatic rings. The first-order chi connectivity index (χ1) is 14.3. The van der Waals surface area contributed by atoms with Crippen LogP contribution >= 0.6 is 11.6 Å². The molecule has 0 amide bonds. The van der Waals surface area contributed by atoms with E-state index >= 15 is 0 Å². The summed E-state index contributed by atoms with van der Waals surface area (Å²) in [6.45, 7) is 1.56. The summed E-state index contributed by atoms with van der Waals surface area (Å²) in [5, 5.41) is 15.8. The van der Waals surface area contributed by atoms with Gasteiger partial charge in [0.1, 0.15) is 17.2 Å². The molecule has 0 aliphatic carbocycles. The van der Waals surface area contributed by atoms with E-state index in [1.54, 1.807) is 13.1 Å². The van der Waals surface area contributed by atoms with Crippen molar-refractivity contribution >= 4 is 22.6 Å². The number of benzene rings is 1. The highest BCUT2D eigenvalue weighted by molar-refractivity contribution is 6.31. The van der Waals surface area contributed by atoms with Crippen molar-refractivity contribution in [2.75, 3.05) is 0 Å². The van der Waals surface area contributed by atoms with Gasteiger partial charge in [0, 0.05) is 42.5 Å². The van der Waals surface area contributed by atoms with Crippen LogP contribution in [-0.4, -0.2) is 24.4 Å². The number of aromatic nitrogens is 4. The molecule has 4 aromatic rings. The van der Waals surface area contributed by atoms with E-state index in [4.69, 9.17) is 11.6 Å². The van der Waals surface area contributed by atoms with Crippen LogP contribution in [0.25, 0.3) is 22.2 Å². The first-order valence-corrected chi connectivity index (χ1v) is 9.79. The van der Waals surface area contributed by atoms with Crippen molar-refractivity contribution in [1.82, 2.24) is 19.3 Å². The largest absolute Gasteiger partial charge is 0.505 e. The van der Waals surface area contributed by atoms with E-state index < -0.39 is 11.4 Å². The number of hydrogen-bond acceptors (Lipinski definition) is 4. The molecule has 0 spiro atoms. The fourth-order valence-electron chi connectivity index (χ4n) is 3.70. The lowest BCUT2D eigenvalue weighted by Crippen LogP contribution is -2.23.